The number of fused-ring (bicyclic) bond motifs is 3. The molecule has 0 saturated carbocycles. The molecule has 0 bridgehead atoms. The van der Waals surface area contributed by atoms with Crippen LogP contribution in [0.4, 0.5) is 0 Å². The Bertz CT molecular complexity index is 1050. The van der Waals surface area contributed by atoms with Gasteiger partial charge in [-0.05, 0) is 45.4 Å². The van der Waals surface area contributed by atoms with Gasteiger partial charge in [0, 0.05) is 29.5 Å². The first-order valence-corrected chi connectivity index (χ1v) is 9.52. The second-order valence-electron chi connectivity index (χ2n) is 8.16. The molecule has 0 fully saturated rings. The Kier molecular flexibility index (Phi) is 4.42. The maximum absolute atomic E-state index is 12.7. The maximum Gasteiger partial charge on any atom is 0.287 e. The summed E-state index contributed by atoms with van der Waals surface area (Å²) in [6.07, 6.45) is -0.180. The number of rotatable bonds is 3. The third kappa shape index (κ3) is 3.27. The van der Waals surface area contributed by atoms with Crippen LogP contribution in [0.5, 0.6) is 5.75 Å². The molecule has 1 atom stereocenters. The van der Waals surface area contributed by atoms with Crippen LogP contribution in [0.3, 0.4) is 0 Å². The van der Waals surface area contributed by atoms with Crippen molar-refractivity contribution in [1.29, 1.82) is 0 Å². The van der Waals surface area contributed by atoms with Gasteiger partial charge < -0.3 is 19.6 Å². The molecule has 5 heteroatoms. The van der Waals surface area contributed by atoms with E-state index in [-0.39, 0.29) is 11.7 Å². The Labute approximate surface area is 164 Å². The first-order valence-electron chi connectivity index (χ1n) is 9.52. The molecule has 0 spiro atoms. The van der Waals surface area contributed by atoms with Gasteiger partial charge in [-0.25, -0.2) is 0 Å². The van der Waals surface area contributed by atoms with Gasteiger partial charge in [-0.15, -0.1) is 0 Å². The number of aryl methyl sites for hydroxylation is 2. The highest BCUT2D eigenvalue weighted by molar-refractivity contribution is 6.00. The summed E-state index contributed by atoms with van der Waals surface area (Å²) in [6.45, 7) is 8.21. The predicted molar refractivity (Wildman–Crippen MR) is 108 cm³/mol. The average Bonchev–Trinajstić information content (AvgIpc) is 2.96. The molecule has 0 saturated heterocycles. The van der Waals surface area contributed by atoms with Crippen LogP contribution >= 0.6 is 0 Å². The second-order valence-corrected chi connectivity index (χ2v) is 8.16. The molecule has 2 N–H and O–H groups in total. The fourth-order valence-corrected chi connectivity index (χ4v) is 3.86. The molecule has 146 valence electrons. The van der Waals surface area contributed by atoms with E-state index in [1.807, 2.05) is 52.0 Å². The van der Waals surface area contributed by atoms with Gasteiger partial charge >= 0.3 is 0 Å². The van der Waals surface area contributed by atoms with Crippen molar-refractivity contribution in [1.82, 2.24) is 5.32 Å². The lowest BCUT2D eigenvalue weighted by atomic mass is 9.89. The van der Waals surface area contributed by atoms with Crippen LogP contribution in [-0.4, -0.2) is 16.6 Å². The summed E-state index contributed by atoms with van der Waals surface area (Å²) >= 11 is 0. The van der Waals surface area contributed by atoms with Gasteiger partial charge in [0.1, 0.15) is 16.9 Å². The van der Waals surface area contributed by atoms with Crippen LogP contribution in [0.15, 0.2) is 40.8 Å². The van der Waals surface area contributed by atoms with E-state index in [9.17, 15) is 9.90 Å². The van der Waals surface area contributed by atoms with Crippen LogP contribution in [-0.2, 0) is 6.54 Å². The van der Waals surface area contributed by atoms with Crippen molar-refractivity contribution in [2.24, 2.45) is 0 Å². The third-order valence-corrected chi connectivity index (χ3v) is 5.28. The number of hydrogen-bond donors (Lipinski definition) is 2. The number of nitrogens with one attached hydrogen (secondary N) is 1. The number of furan rings is 1. The Hall–Kier alpha value is -2.79. The van der Waals surface area contributed by atoms with Crippen molar-refractivity contribution in [3.05, 3.63) is 64.4 Å². The highest BCUT2D eigenvalue weighted by Gasteiger charge is 2.35. The van der Waals surface area contributed by atoms with Gasteiger partial charge in [0.05, 0.1) is 6.10 Å². The van der Waals surface area contributed by atoms with Crippen LogP contribution < -0.4 is 10.1 Å². The zero-order valence-electron chi connectivity index (χ0n) is 16.6. The van der Waals surface area contributed by atoms with E-state index in [4.69, 9.17) is 9.15 Å². The summed E-state index contributed by atoms with van der Waals surface area (Å²) in [4.78, 5) is 12.7. The molecule has 1 aliphatic heterocycles. The zero-order chi connectivity index (χ0) is 20.1. The van der Waals surface area contributed by atoms with Crippen LogP contribution in [0, 0.1) is 13.8 Å². The van der Waals surface area contributed by atoms with E-state index >= 15 is 0 Å². The van der Waals surface area contributed by atoms with E-state index in [0.29, 0.717) is 29.9 Å². The van der Waals surface area contributed by atoms with E-state index < -0.39 is 11.7 Å². The topological polar surface area (TPSA) is 71.7 Å². The number of aliphatic hydroxyl groups is 1. The lowest BCUT2D eigenvalue weighted by molar-refractivity contribution is 0.0126. The van der Waals surface area contributed by atoms with Gasteiger partial charge in [-0.3, -0.25) is 4.79 Å². The molecule has 0 radical (unpaired) electrons. The number of carbonyl (C=O) groups is 1. The fraction of sp³-hybridized carbons (Fsp3) is 0.348. The minimum atomic E-state index is -0.665. The van der Waals surface area contributed by atoms with Gasteiger partial charge in [0.25, 0.3) is 5.91 Å². The highest BCUT2D eigenvalue weighted by Crippen LogP contribution is 2.45. The summed E-state index contributed by atoms with van der Waals surface area (Å²) in [6, 6.07) is 11.6. The molecule has 0 aliphatic carbocycles. The molecule has 1 aromatic heterocycles. The van der Waals surface area contributed by atoms with Crippen molar-refractivity contribution < 1.29 is 19.1 Å². The monoisotopic (exact) mass is 379 g/mol. The Morgan fingerprint density at radius 3 is 2.61 bits per heavy atom. The number of hydrogen-bond acceptors (Lipinski definition) is 4. The minimum absolute atomic E-state index is 0.269. The van der Waals surface area contributed by atoms with E-state index in [1.165, 1.54) is 5.56 Å². The van der Waals surface area contributed by atoms with Crippen molar-refractivity contribution >= 4 is 16.9 Å². The zero-order valence-corrected chi connectivity index (χ0v) is 16.6. The summed E-state index contributed by atoms with van der Waals surface area (Å²) in [5, 5.41) is 14.4. The van der Waals surface area contributed by atoms with Crippen molar-refractivity contribution in [2.45, 2.75) is 52.4 Å². The second kappa shape index (κ2) is 6.67. The molecule has 2 heterocycles. The number of amides is 1. The maximum atomic E-state index is 12.7. The smallest absolute Gasteiger partial charge is 0.287 e. The van der Waals surface area contributed by atoms with Gasteiger partial charge in [0.2, 0.25) is 0 Å². The van der Waals surface area contributed by atoms with E-state index in [2.05, 4.69) is 5.32 Å². The largest absolute Gasteiger partial charge is 0.487 e. The summed E-state index contributed by atoms with van der Waals surface area (Å²) in [7, 11) is 0. The van der Waals surface area contributed by atoms with E-state index in [1.54, 1.807) is 12.1 Å². The van der Waals surface area contributed by atoms with Crippen molar-refractivity contribution in [2.75, 3.05) is 0 Å². The lowest BCUT2D eigenvalue weighted by Crippen LogP contribution is -2.34. The first kappa shape index (κ1) is 18.6. The molecule has 2 aromatic carbocycles. The molecule has 5 nitrogen and oxygen atoms in total. The van der Waals surface area contributed by atoms with Gasteiger partial charge in [-0.2, -0.15) is 0 Å². The molecule has 1 amide bonds. The predicted octanol–water partition coefficient (Wildman–Crippen LogP) is 4.57. The molecule has 3 aromatic rings. The van der Waals surface area contributed by atoms with Crippen LogP contribution in [0.1, 0.15) is 59.2 Å². The molecule has 0 unspecified atom stereocenters. The van der Waals surface area contributed by atoms with Crippen LogP contribution in [0.2, 0.25) is 0 Å². The SMILES string of the molecule is Cc1ccc(CNC(=O)c2oc3ccc4c(c3c2C)[C@@H](O)CC(C)(C)O4)cc1. The van der Waals surface area contributed by atoms with Gasteiger partial charge in [0.15, 0.2) is 5.76 Å². The van der Waals surface area contributed by atoms with E-state index in [0.717, 1.165) is 16.5 Å². The Morgan fingerprint density at radius 1 is 1.18 bits per heavy atom. The number of aliphatic hydroxyl groups excluding tert-OH is 1. The standard InChI is InChI=1S/C23H25NO4/c1-13-5-7-15(8-6-13)12-24-22(26)21-14(2)19-17(27-21)9-10-18-20(19)16(25)11-23(3,4)28-18/h5-10,16,25H,11-12H2,1-4H3,(H,24,26)/t16-/m0/s1. The molecule has 28 heavy (non-hydrogen) atoms. The summed E-state index contributed by atoms with van der Waals surface area (Å²) in [5.74, 6) is 0.647. The molecular weight excluding hydrogens is 354 g/mol. The fourth-order valence-electron chi connectivity index (χ4n) is 3.86. The summed E-state index contributed by atoms with van der Waals surface area (Å²) in [5.41, 5.74) is 3.77. The lowest BCUT2D eigenvalue weighted by Gasteiger charge is -2.35. The molecule has 1 aliphatic rings. The number of carbonyl (C=O) groups excluding carboxylic acids is 1. The Morgan fingerprint density at radius 2 is 1.89 bits per heavy atom. The first-order chi connectivity index (χ1) is 13.2. The summed E-state index contributed by atoms with van der Waals surface area (Å²) < 4.78 is 11.9. The number of benzene rings is 2. The molecule has 4 rings (SSSR count). The van der Waals surface area contributed by atoms with Crippen molar-refractivity contribution in [3.8, 4) is 5.75 Å². The third-order valence-electron chi connectivity index (χ3n) is 5.28. The Balaban J connectivity index is 1.65. The van der Waals surface area contributed by atoms with Crippen molar-refractivity contribution in [3.63, 3.8) is 0 Å². The quantitative estimate of drug-likeness (QED) is 0.699. The van der Waals surface area contributed by atoms with Crippen LogP contribution in [0.25, 0.3) is 11.0 Å². The van der Waals surface area contributed by atoms with Gasteiger partial charge in [-0.1, -0.05) is 29.8 Å². The number of ether oxygens (including phenoxy) is 1. The molecular formula is C23H25NO4. The highest BCUT2D eigenvalue weighted by atomic mass is 16.5. The average molecular weight is 379 g/mol. The normalized spacial score (nSPS) is 17.8. The minimum Gasteiger partial charge on any atom is -0.487 e.